The molecule has 0 aliphatic rings. The standard InChI is InChI=1S/2C12H26O/c1-3-5-7-8-10-12(11-13)9-6-4-2;1-2-3-4-5-6-7-8-9-10-11-12-13/h12-13H,3-11H2,1-2H3;13H,2-12H2,1H3. The quantitative estimate of drug-likeness (QED) is 0.228. The normalized spacial score (nSPS) is 11.9. The lowest BCUT2D eigenvalue weighted by atomic mass is 9.96. The molecule has 0 aromatic carbocycles. The van der Waals surface area contributed by atoms with Gasteiger partial charge in [-0.25, -0.2) is 0 Å². The Morgan fingerprint density at radius 2 is 0.846 bits per heavy atom. The van der Waals surface area contributed by atoms with Crippen molar-refractivity contribution in [2.75, 3.05) is 13.2 Å². The molecule has 0 fully saturated rings. The molecule has 1 unspecified atom stereocenters. The van der Waals surface area contributed by atoms with Crippen molar-refractivity contribution >= 4 is 0 Å². The van der Waals surface area contributed by atoms with Crippen molar-refractivity contribution in [1.29, 1.82) is 0 Å². The summed E-state index contributed by atoms with van der Waals surface area (Å²) < 4.78 is 0. The number of unbranched alkanes of at least 4 members (excludes halogenated alkanes) is 13. The molecule has 0 amide bonds. The highest BCUT2D eigenvalue weighted by Gasteiger charge is 2.05. The van der Waals surface area contributed by atoms with Gasteiger partial charge in [-0.1, -0.05) is 117 Å². The van der Waals surface area contributed by atoms with Gasteiger partial charge in [0.2, 0.25) is 0 Å². The van der Waals surface area contributed by atoms with E-state index in [-0.39, 0.29) is 0 Å². The molecule has 0 aliphatic heterocycles. The first-order valence-electron chi connectivity index (χ1n) is 12.0. The predicted octanol–water partition coefficient (Wildman–Crippen LogP) is 7.66. The van der Waals surface area contributed by atoms with E-state index >= 15 is 0 Å². The Balaban J connectivity index is 0. The van der Waals surface area contributed by atoms with Gasteiger partial charge in [0.25, 0.3) is 0 Å². The molecule has 0 radical (unpaired) electrons. The van der Waals surface area contributed by atoms with Crippen LogP contribution in [0.3, 0.4) is 0 Å². The molecule has 0 saturated heterocycles. The van der Waals surface area contributed by atoms with Gasteiger partial charge in [0.05, 0.1) is 0 Å². The van der Waals surface area contributed by atoms with Crippen LogP contribution >= 0.6 is 0 Å². The van der Waals surface area contributed by atoms with Crippen LogP contribution in [0.5, 0.6) is 0 Å². The molecule has 2 heteroatoms. The zero-order valence-corrected chi connectivity index (χ0v) is 18.6. The first-order valence-corrected chi connectivity index (χ1v) is 12.0. The third kappa shape index (κ3) is 26.2. The lowest BCUT2D eigenvalue weighted by Gasteiger charge is -2.12. The van der Waals surface area contributed by atoms with Gasteiger partial charge in [-0.2, -0.15) is 0 Å². The van der Waals surface area contributed by atoms with Crippen LogP contribution in [0.15, 0.2) is 0 Å². The van der Waals surface area contributed by atoms with Crippen LogP contribution in [0.4, 0.5) is 0 Å². The Bertz CT molecular complexity index is 208. The molecular weight excluding hydrogens is 320 g/mol. The van der Waals surface area contributed by atoms with Crippen molar-refractivity contribution < 1.29 is 10.2 Å². The summed E-state index contributed by atoms with van der Waals surface area (Å²) in [4.78, 5) is 0. The summed E-state index contributed by atoms with van der Waals surface area (Å²) in [5.74, 6) is 0.580. The molecule has 0 aromatic rings. The van der Waals surface area contributed by atoms with Crippen molar-refractivity contribution in [2.24, 2.45) is 5.92 Å². The third-order valence-electron chi connectivity index (χ3n) is 5.20. The molecule has 0 heterocycles. The van der Waals surface area contributed by atoms with Crippen LogP contribution in [0.1, 0.15) is 136 Å². The minimum Gasteiger partial charge on any atom is -0.396 e. The summed E-state index contributed by atoms with van der Waals surface area (Å²) >= 11 is 0. The molecule has 26 heavy (non-hydrogen) atoms. The SMILES string of the molecule is CCCCCCC(CO)CCCC.CCCCCCCCCCCCO. The second-order valence-corrected chi connectivity index (χ2v) is 7.95. The van der Waals surface area contributed by atoms with Crippen LogP contribution in [-0.4, -0.2) is 23.4 Å². The van der Waals surface area contributed by atoms with E-state index in [1.54, 1.807) is 0 Å². The fourth-order valence-corrected chi connectivity index (χ4v) is 3.28. The van der Waals surface area contributed by atoms with E-state index < -0.39 is 0 Å². The van der Waals surface area contributed by atoms with Crippen molar-refractivity contribution in [3.63, 3.8) is 0 Å². The average Bonchev–Trinajstić information content (AvgIpc) is 2.67. The highest BCUT2D eigenvalue weighted by Crippen LogP contribution is 2.16. The maximum absolute atomic E-state index is 9.11. The van der Waals surface area contributed by atoms with Crippen LogP contribution in [0, 0.1) is 5.92 Å². The molecule has 2 N–H and O–H groups in total. The van der Waals surface area contributed by atoms with Gasteiger partial charge >= 0.3 is 0 Å². The van der Waals surface area contributed by atoms with Gasteiger partial charge in [0.15, 0.2) is 0 Å². The molecular formula is C24H52O2. The second-order valence-electron chi connectivity index (χ2n) is 7.95. The first-order chi connectivity index (χ1) is 12.8. The smallest absolute Gasteiger partial charge is 0.0459 e. The molecule has 0 spiro atoms. The molecule has 0 aliphatic carbocycles. The monoisotopic (exact) mass is 372 g/mol. The largest absolute Gasteiger partial charge is 0.396 e. The molecule has 1 atom stereocenters. The average molecular weight is 373 g/mol. The second kappa shape index (κ2) is 27.1. The Hall–Kier alpha value is -0.0800. The van der Waals surface area contributed by atoms with E-state index in [4.69, 9.17) is 10.2 Å². The van der Waals surface area contributed by atoms with E-state index in [1.165, 1.54) is 109 Å². The highest BCUT2D eigenvalue weighted by atomic mass is 16.3. The van der Waals surface area contributed by atoms with Gasteiger partial charge in [-0.15, -0.1) is 0 Å². The fraction of sp³-hybridized carbons (Fsp3) is 1.00. The maximum Gasteiger partial charge on any atom is 0.0459 e. The van der Waals surface area contributed by atoms with E-state index in [2.05, 4.69) is 20.8 Å². The summed E-state index contributed by atoms with van der Waals surface area (Å²) in [6.07, 6.45) is 23.6. The summed E-state index contributed by atoms with van der Waals surface area (Å²) in [5, 5.41) is 17.7. The molecule has 0 bridgehead atoms. The Morgan fingerprint density at radius 1 is 0.462 bits per heavy atom. The van der Waals surface area contributed by atoms with Crippen LogP contribution in [0.25, 0.3) is 0 Å². The molecule has 2 nitrogen and oxygen atoms in total. The van der Waals surface area contributed by atoms with Crippen LogP contribution in [-0.2, 0) is 0 Å². The van der Waals surface area contributed by atoms with Gasteiger partial charge in [-0.05, 0) is 25.2 Å². The lowest BCUT2D eigenvalue weighted by molar-refractivity contribution is 0.205. The van der Waals surface area contributed by atoms with E-state index in [9.17, 15) is 0 Å². The number of hydrogen-bond donors (Lipinski definition) is 2. The Labute approximate surface area is 166 Å². The lowest BCUT2D eigenvalue weighted by Crippen LogP contribution is -2.05. The first kappa shape index (κ1) is 28.1. The van der Waals surface area contributed by atoms with E-state index in [1.807, 2.05) is 0 Å². The van der Waals surface area contributed by atoms with E-state index in [0.29, 0.717) is 19.1 Å². The Morgan fingerprint density at radius 3 is 1.27 bits per heavy atom. The highest BCUT2D eigenvalue weighted by molar-refractivity contribution is 4.58. The zero-order valence-electron chi connectivity index (χ0n) is 18.6. The topological polar surface area (TPSA) is 40.5 Å². The summed E-state index contributed by atoms with van der Waals surface area (Å²) in [6.45, 7) is 7.48. The minimum atomic E-state index is 0.372. The summed E-state index contributed by atoms with van der Waals surface area (Å²) in [6, 6.07) is 0. The molecule has 160 valence electrons. The predicted molar refractivity (Wildman–Crippen MR) is 118 cm³/mol. The molecule has 0 aromatic heterocycles. The van der Waals surface area contributed by atoms with Gasteiger partial charge in [-0.3, -0.25) is 0 Å². The fourth-order valence-electron chi connectivity index (χ4n) is 3.28. The van der Waals surface area contributed by atoms with E-state index in [0.717, 1.165) is 6.42 Å². The van der Waals surface area contributed by atoms with Crippen LogP contribution < -0.4 is 0 Å². The van der Waals surface area contributed by atoms with Crippen molar-refractivity contribution in [1.82, 2.24) is 0 Å². The van der Waals surface area contributed by atoms with Crippen molar-refractivity contribution in [3.8, 4) is 0 Å². The van der Waals surface area contributed by atoms with Crippen LogP contribution in [0.2, 0.25) is 0 Å². The summed E-state index contributed by atoms with van der Waals surface area (Å²) in [5.41, 5.74) is 0. The Kier molecular flexibility index (Phi) is 29.4. The number of aliphatic hydroxyl groups is 2. The minimum absolute atomic E-state index is 0.372. The number of hydrogen-bond acceptors (Lipinski definition) is 2. The summed E-state index contributed by atoms with van der Waals surface area (Å²) in [7, 11) is 0. The molecule has 0 saturated carbocycles. The third-order valence-corrected chi connectivity index (χ3v) is 5.20. The number of rotatable bonds is 19. The van der Waals surface area contributed by atoms with Crippen molar-refractivity contribution in [3.05, 3.63) is 0 Å². The maximum atomic E-state index is 9.11. The molecule has 0 rings (SSSR count). The van der Waals surface area contributed by atoms with Gasteiger partial charge in [0.1, 0.15) is 0 Å². The van der Waals surface area contributed by atoms with Gasteiger partial charge < -0.3 is 10.2 Å². The number of aliphatic hydroxyl groups excluding tert-OH is 2. The van der Waals surface area contributed by atoms with Gasteiger partial charge in [0, 0.05) is 13.2 Å². The zero-order chi connectivity index (χ0) is 19.7. The van der Waals surface area contributed by atoms with Crippen molar-refractivity contribution in [2.45, 2.75) is 136 Å².